The van der Waals surface area contributed by atoms with Crippen molar-refractivity contribution in [1.82, 2.24) is 4.98 Å². The van der Waals surface area contributed by atoms with Gasteiger partial charge in [-0.25, -0.2) is 0 Å². The molecule has 2 aromatic rings. The number of aromatic amines is 1. The topological polar surface area (TPSA) is 53.1 Å². The summed E-state index contributed by atoms with van der Waals surface area (Å²) in [7, 11) is 0. The number of aromatic nitrogens is 1. The molecule has 1 aromatic heterocycles. The Kier molecular flexibility index (Phi) is 2.23. The second-order valence-corrected chi connectivity index (χ2v) is 3.61. The number of fused-ring (bicyclic) bond motifs is 1. The quantitative estimate of drug-likeness (QED) is 0.737. The zero-order valence-electron chi connectivity index (χ0n) is 8.79. The second kappa shape index (κ2) is 3.42. The van der Waals surface area contributed by atoms with Crippen LogP contribution in [0.3, 0.4) is 0 Å². The maximum absolute atomic E-state index is 11.4. The molecule has 0 aliphatic rings. The number of hydrogen-bond donors (Lipinski definition) is 2. The van der Waals surface area contributed by atoms with E-state index in [1.54, 1.807) is 6.20 Å². The summed E-state index contributed by atoms with van der Waals surface area (Å²) < 4.78 is 0. The van der Waals surface area contributed by atoms with E-state index >= 15 is 0 Å². The average molecular weight is 203 g/mol. The number of aryl methyl sites for hydroxylation is 1. The SMILES string of the molecule is CCc1cc2cc[nH]c2c(O)c1C(C)=O. The third-order valence-electron chi connectivity index (χ3n) is 2.64. The largest absolute Gasteiger partial charge is 0.505 e. The van der Waals surface area contributed by atoms with Crippen LogP contribution in [0.25, 0.3) is 10.9 Å². The molecule has 0 atom stereocenters. The number of ketones is 1. The number of aromatic hydroxyl groups is 1. The van der Waals surface area contributed by atoms with Gasteiger partial charge in [-0.3, -0.25) is 4.79 Å². The molecule has 0 unspecified atom stereocenters. The minimum absolute atomic E-state index is 0.0712. The van der Waals surface area contributed by atoms with Crippen LogP contribution in [-0.4, -0.2) is 15.9 Å². The summed E-state index contributed by atoms with van der Waals surface area (Å²) in [4.78, 5) is 14.4. The van der Waals surface area contributed by atoms with Gasteiger partial charge in [0.25, 0.3) is 0 Å². The summed E-state index contributed by atoms with van der Waals surface area (Å²) in [6.45, 7) is 3.45. The molecule has 3 nitrogen and oxygen atoms in total. The Morgan fingerprint density at radius 3 is 2.87 bits per heavy atom. The van der Waals surface area contributed by atoms with Gasteiger partial charge in [-0.05, 0) is 31.0 Å². The molecule has 1 aromatic carbocycles. The molecule has 1 heterocycles. The monoisotopic (exact) mass is 203 g/mol. The third kappa shape index (κ3) is 1.40. The van der Waals surface area contributed by atoms with Gasteiger partial charge in [-0.1, -0.05) is 6.92 Å². The molecule has 3 heteroatoms. The highest BCUT2D eigenvalue weighted by Gasteiger charge is 2.15. The van der Waals surface area contributed by atoms with E-state index in [0.29, 0.717) is 11.1 Å². The van der Waals surface area contributed by atoms with Gasteiger partial charge in [0.15, 0.2) is 11.5 Å². The lowest BCUT2D eigenvalue weighted by atomic mass is 9.99. The Bertz CT molecular complexity index is 526. The molecule has 15 heavy (non-hydrogen) atoms. The maximum atomic E-state index is 11.4. The summed E-state index contributed by atoms with van der Waals surface area (Å²) >= 11 is 0. The van der Waals surface area contributed by atoms with Crippen LogP contribution < -0.4 is 0 Å². The molecular formula is C12H13NO2. The van der Waals surface area contributed by atoms with Crippen LogP contribution >= 0.6 is 0 Å². The smallest absolute Gasteiger partial charge is 0.163 e. The molecule has 2 rings (SSSR count). The first-order chi connectivity index (χ1) is 7.15. The number of phenols is 1. The molecule has 0 bridgehead atoms. The van der Waals surface area contributed by atoms with Crippen LogP contribution in [-0.2, 0) is 6.42 Å². The number of phenolic OH excluding ortho intramolecular Hbond substituents is 1. The van der Waals surface area contributed by atoms with Crippen molar-refractivity contribution in [1.29, 1.82) is 0 Å². The van der Waals surface area contributed by atoms with Crippen LogP contribution in [0.5, 0.6) is 5.75 Å². The fourth-order valence-corrected chi connectivity index (χ4v) is 1.92. The van der Waals surface area contributed by atoms with Gasteiger partial charge in [0, 0.05) is 11.6 Å². The summed E-state index contributed by atoms with van der Waals surface area (Å²) in [5.74, 6) is -0.0253. The van der Waals surface area contributed by atoms with Crippen molar-refractivity contribution in [2.24, 2.45) is 0 Å². The molecule has 0 radical (unpaired) electrons. The van der Waals surface area contributed by atoms with Crippen molar-refractivity contribution in [3.05, 3.63) is 29.5 Å². The molecule has 0 spiro atoms. The van der Waals surface area contributed by atoms with Crippen molar-refractivity contribution in [3.63, 3.8) is 0 Å². The van der Waals surface area contributed by atoms with Crippen molar-refractivity contribution >= 4 is 16.7 Å². The highest BCUT2D eigenvalue weighted by Crippen LogP contribution is 2.31. The number of H-pyrrole nitrogens is 1. The maximum Gasteiger partial charge on any atom is 0.163 e. The number of rotatable bonds is 2. The van der Waals surface area contributed by atoms with E-state index in [4.69, 9.17) is 0 Å². The third-order valence-corrected chi connectivity index (χ3v) is 2.64. The number of carbonyl (C=O) groups is 1. The molecular weight excluding hydrogens is 190 g/mol. The first kappa shape index (κ1) is 9.77. The molecule has 0 aliphatic carbocycles. The van der Waals surface area contributed by atoms with Gasteiger partial charge in [0.05, 0.1) is 11.1 Å². The van der Waals surface area contributed by atoms with Gasteiger partial charge >= 0.3 is 0 Å². The van der Waals surface area contributed by atoms with Crippen molar-refractivity contribution < 1.29 is 9.90 Å². The standard InChI is InChI=1S/C12H13NO2/c1-3-8-6-9-4-5-13-11(9)12(15)10(8)7(2)14/h4-6,13,15H,3H2,1-2H3. The van der Waals surface area contributed by atoms with E-state index in [2.05, 4.69) is 4.98 Å². The molecule has 0 amide bonds. The predicted octanol–water partition coefficient (Wildman–Crippen LogP) is 2.64. The van der Waals surface area contributed by atoms with Crippen LogP contribution in [0.1, 0.15) is 29.8 Å². The van der Waals surface area contributed by atoms with E-state index in [0.717, 1.165) is 17.4 Å². The summed E-state index contributed by atoms with van der Waals surface area (Å²) in [6.07, 6.45) is 2.50. The molecule has 2 N–H and O–H groups in total. The highest BCUT2D eigenvalue weighted by molar-refractivity contribution is 6.04. The van der Waals surface area contributed by atoms with Gasteiger partial charge in [-0.15, -0.1) is 0 Å². The lowest BCUT2D eigenvalue weighted by Crippen LogP contribution is -1.99. The first-order valence-electron chi connectivity index (χ1n) is 4.98. The fraction of sp³-hybridized carbons (Fsp3) is 0.250. The normalized spacial score (nSPS) is 10.8. The molecule has 0 aliphatic heterocycles. The highest BCUT2D eigenvalue weighted by atomic mass is 16.3. The number of hydrogen-bond acceptors (Lipinski definition) is 2. The Morgan fingerprint density at radius 2 is 2.27 bits per heavy atom. The van der Waals surface area contributed by atoms with E-state index in [-0.39, 0.29) is 11.5 Å². The van der Waals surface area contributed by atoms with E-state index in [9.17, 15) is 9.90 Å². The Labute approximate surface area is 87.7 Å². The molecule has 0 fully saturated rings. The van der Waals surface area contributed by atoms with Gasteiger partial charge in [0.1, 0.15) is 0 Å². The minimum atomic E-state index is -0.0964. The summed E-state index contributed by atoms with van der Waals surface area (Å²) in [5.41, 5.74) is 1.97. The zero-order chi connectivity index (χ0) is 11.0. The average Bonchev–Trinajstić information content (AvgIpc) is 2.64. The number of Topliss-reactive ketones (excluding diaryl/α,β-unsaturated/α-hetero) is 1. The lowest BCUT2D eigenvalue weighted by molar-refractivity contribution is 0.101. The van der Waals surface area contributed by atoms with Crippen LogP contribution in [0.2, 0.25) is 0 Å². The van der Waals surface area contributed by atoms with Gasteiger partial charge in [0.2, 0.25) is 0 Å². The lowest BCUT2D eigenvalue weighted by Gasteiger charge is -2.08. The molecule has 0 saturated carbocycles. The second-order valence-electron chi connectivity index (χ2n) is 3.61. The van der Waals surface area contributed by atoms with Crippen molar-refractivity contribution in [2.45, 2.75) is 20.3 Å². The summed E-state index contributed by atoms with van der Waals surface area (Å²) in [5, 5.41) is 10.9. The Hall–Kier alpha value is -1.77. The Morgan fingerprint density at radius 1 is 1.53 bits per heavy atom. The van der Waals surface area contributed by atoms with E-state index in [1.165, 1.54) is 6.92 Å². The van der Waals surface area contributed by atoms with E-state index < -0.39 is 0 Å². The molecule has 78 valence electrons. The number of nitrogens with one attached hydrogen (secondary N) is 1. The van der Waals surface area contributed by atoms with Crippen LogP contribution in [0.4, 0.5) is 0 Å². The Balaban J connectivity index is 2.85. The first-order valence-corrected chi connectivity index (χ1v) is 4.98. The van der Waals surface area contributed by atoms with E-state index in [1.807, 2.05) is 19.1 Å². The number of benzene rings is 1. The fourth-order valence-electron chi connectivity index (χ4n) is 1.92. The van der Waals surface area contributed by atoms with Crippen LogP contribution in [0.15, 0.2) is 18.3 Å². The molecule has 0 saturated heterocycles. The van der Waals surface area contributed by atoms with Crippen molar-refractivity contribution in [2.75, 3.05) is 0 Å². The predicted molar refractivity (Wildman–Crippen MR) is 59.3 cm³/mol. The van der Waals surface area contributed by atoms with Gasteiger partial charge < -0.3 is 10.1 Å². The summed E-state index contributed by atoms with van der Waals surface area (Å²) in [6, 6.07) is 3.83. The van der Waals surface area contributed by atoms with Gasteiger partial charge in [-0.2, -0.15) is 0 Å². The van der Waals surface area contributed by atoms with Crippen molar-refractivity contribution in [3.8, 4) is 5.75 Å². The minimum Gasteiger partial charge on any atom is -0.505 e. The zero-order valence-corrected chi connectivity index (χ0v) is 8.79. The van der Waals surface area contributed by atoms with Crippen LogP contribution in [0, 0.1) is 0 Å². The number of carbonyl (C=O) groups excluding carboxylic acids is 1.